The molecule has 0 aromatic heterocycles. The number of hydrogen-bond donors (Lipinski definition) is 1. The lowest BCUT2D eigenvalue weighted by Crippen LogP contribution is -2.49. The van der Waals surface area contributed by atoms with Crippen molar-refractivity contribution in [1.29, 1.82) is 0 Å². The Labute approximate surface area is 191 Å². The average Bonchev–Trinajstić information content (AvgIpc) is 2.79. The van der Waals surface area contributed by atoms with E-state index in [2.05, 4.69) is 53.2 Å². The lowest BCUT2D eigenvalue weighted by molar-refractivity contribution is 0.176. The van der Waals surface area contributed by atoms with Gasteiger partial charge in [0.2, 0.25) is 5.75 Å². The van der Waals surface area contributed by atoms with E-state index in [0.717, 1.165) is 49.1 Å². The molecule has 1 heterocycles. The molecule has 3 rings (SSSR count). The molecule has 0 radical (unpaired) electrons. The molecule has 1 aliphatic heterocycles. The first-order valence-electron chi connectivity index (χ1n) is 10.6. The molecule has 31 heavy (non-hydrogen) atoms. The Hall–Kier alpha value is -2.51. The Morgan fingerprint density at radius 1 is 0.935 bits per heavy atom. The van der Waals surface area contributed by atoms with Crippen molar-refractivity contribution in [2.24, 2.45) is 0 Å². The SMILES string of the molecule is COc1cc(CN2CCN(C(=S)Nc3ccc(C(C)C)cc3)CC2)cc(OC)c1OC. The van der Waals surface area contributed by atoms with Gasteiger partial charge in [0.15, 0.2) is 16.6 Å². The van der Waals surface area contributed by atoms with E-state index >= 15 is 0 Å². The maximum Gasteiger partial charge on any atom is 0.203 e. The molecule has 0 atom stereocenters. The van der Waals surface area contributed by atoms with E-state index in [4.69, 9.17) is 26.4 Å². The summed E-state index contributed by atoms with van der Waals surface area (Å²) >= 11 is 5.65. The molecule has 0 spiro atoms. The largest absolute Gasteiger partial charge is 0.493 e. The van der Waals surface area contributed by atoms with Crippen LogP contribution >= 0.6 is 12.2 Å². The Morgan fingerprint density at radius 3 is 2.00 bits per heavy atom. The maximum atomic E-state index is 5.65. The predicted octanol–water partition coefficient (Wildman–Crippen LogP) is 4.35. The molecule has 1 aliphatic rings. The minimum Gasteiger partial charge on any atom is -0.493 e. The van der Waals surface area contributed by atoms with E-state index in [0.29, 0.717) is 23.2 Å². The second-order valence-electron chi connectivity index (χ2n) is 8.00. The zero-order valence-corrected chi connectivity index (χ0v) is 19.9. The highest BCUT2D eigenvalue weighted by atomic mass is 32.1. The normalized spacial score (nSPS) is 14.5. The fourth-order valence-corrected chi connectivity index (χ4v) is 4.05. The van der Waals surface area contributed by atoms with Crippen LogP contribution in [0.3, 0.4) is 0 Å². The lowest BCUT2D eigenvalue weighted by atomic mass is 10.0. The van der Waals surface area contributed by atoms with Gasteiger partial charge in [-0.3, -0.25) is 4.90 Å². The van der Waals surface area contributed by atoms with Crippen LogP contribution in [0.2, 0.25) is 0 Å². The third kappa shape index (κ3) is 5.80. The summed E-state index contributed by atoms with van der Waals surface area (Å²) in [5, 5.41) is 4.16. The second-order valence-corrected chi connectivity index (χ2v) is 8.39. The molecule has 0 bridgehead atoms. The fraction of sp³-hybridized carbons (Fsp3) is 0.458. The summed E-state index contributed by atoms with van der Waals surface area (Å²) in [6.07, 6.45) is 0. The van der Waals surface area contributed by atoms with Crippen molar-refractivity contribution in [3.8, 4) is 17.2 Å². The van der Waals surface area contributed by atoms with Gasteiger partial charge in [-0.1, -0.05) is 26.0 Å². The number of anilines is 1. The van der Waals surface area contributed by atoms with Crippen molar-refractivity contribution < 1.29 is 14.2 Å². The van der Waals surface area contributed by atoms with Crippen LogP contribution in [-0.4, -0.2) is 62.4 Å². The zero-order chi connectivity index (χ0) is 22.4. The molecule has 0 amide bonds. The minimum absolute atomic E-state index is 0.528. The van der Waals surface area contributed by atoms with Crippen molar-refractivity contribution in [3.05, 3.63) is 47.5 Å². The summed E-state index contributed by atoms with van der Waals surface area (Å²) < 4.78 is 16.4. The van der Waals surface area contributed by atoms with E-state index in [9.17, 15) is 0 Å². The van der Waals surface area contributed by atoms with E-state index < -0.39 is 0 Å². The summed E-state index contributed by atoms with van der Waals surface area (Å²) in [5.74, 6) is 2.52. The quantitative estimate of drug-likeness (QED) is 0.638. The Morgan fingerprint density at radius 2 is 1.52 bits per heavy atom. The third-order valence-corrected chi connectivity index (χ3v) is 5.98. The number of benzene rings is 2. The number of piperazine rings is 1. The molecular weight excluding hydrogens is 410 g/mol. The Kier molecular flexibility index (Phi) is 7.98. The van der Waals surface area contributed by atoms with Crippen LogP contribution in [-0.2, 0) is 6.54 Å². The summed E-state index contributed by atoms with van der Waals surface area (Å²) in [6, 6.07) is 12.5. The fourth-order valence-electron chi connectivity index (χ4n) is 3.75. The van der Waals surface area contributed by atoms with Gasteiger partial charge >= 0.3 is 0 Å². The van der Waals surface area contributed by atoms with Gasteiger partial charge in [-0.05, 0) is 53.5 Å². The number of hydrogen-bond acceptors (Lipinski definition) is 5. The first-order valence-corrected chi connectivity index (χ1v) is 11.0. The van der Waals surface area contributed by atoms with Crippen molar-refractivity contribution in [3.63, 3.8) is 0 Å². The third-order valence-electron chi connectivity index (χ3n) is 5.62. The molecule has 2 aromatic carbocycles. The van der Waals surface area contributed by atoms with Crippen LogP contribution < -0.4 is 19.5 Å². The van der Waals surface area contributed by atoms with E-state index in [1.807, 2.05) is 12.1 Å². The topological polar surface area (TPSA) is 46.2 Å². The number of thiocarbonyl (C=S) groups is 1. The van der Waals surface area contributed by atoms with Crippen LogP contribution in [0.25, 0.3) is 0 Å². The number of nitrogens with one attached hydrogen (secondary N) is 1. The Balaban J connectivity index is 1.55. The summed E-state index contributed by atoms with van der Waals surface area (Å²) in [4.78, 5) is 4.65. The minimum atomic E-state index is 0.528. The second kappa shape index (κ2) is 10.7. The highest BCUT2D eigenvalue weighted by Crippen LogP contribution is 2.38. The highest BCUT2D eigenvalue weighted by molar-refractivity contribution is 7.80. The van der Waals surface area contributed by atoms with Crippen LogP contribution in [0.15, 0.2) is 36.4 Å². The smallest absolute Gasteiger partial charge is 0.203 e. The Bertz CT molecular complexity index is 853. The van der Waals surface area contributed by atoms with Gasteiger partial charge in [0.25, 0.3) is 0 Å². The summed E-state index contributed by atoms with van der Waals surface area (Å²) in [7, 11) is 4.91. The molecule has 1 fully saturated rings. The van der Waals surface area contributed by atoms with Gasteiger partial charge in [0.1, 0.15) is 0 Å². The first kappa shape index (κ1) is 23.2. The van der Waals surface area contributed by atoms with Gasteiger partial charge in [-0.2, -0.15) is 0 Å². The average molecular weight is 444 g/mol. The molecule has 7 heteroatoms. The van der Waals surface area contributed by atoms with Crippen LogP contribution in [0.1, 0.15) is 30.9 Å². The van der Waals surface area contributed by atoms with Crippen LogP contribution in [0.5, 0.6) is 17.2 Å². The molecular formula is C24H33N3O3S. The number of ether oxygens (including phenoxy) is 3. The number of methoxy groups -OCH3 is 3. The molecule has 0 saturated carbocycles. The molecule has 2 aromatic rings. The molecule has 1 saturated heterocycles. The van der Waals surface area contributed by atoms with Crippen molar-refractivity contribution in [1.82, 2.24) is 9.80 Å². The molecule has 6 nitrogen and oxygen atoms in total. The summed E-state index contributed by atoms with van der Waals surface area (Å²) in [5.41, 5.74) is 3.50. The lowest BCUT2D eigenvalue weighted by Gasteiger charge is -2.36. The number of nitrogens with zero attached hydrogens (tertiary/aromatic N) is 2. The highest BCUT2D eigenvalue weighted by Gasteiger charge is 2.21. The van der Waals surface area contributed by atoms with Gasteiger partial charge in [0, 0.05) is 38.4 Å². The van der Waals surface area contributed by atoms with Crippen LogP contribution in [0.4, 0.5) is 5.69 Å². The zero-order valence-electron chi connectivity index (χ0n) is 19.1. The monoisotopic (exact) mass is 443 g/mol. The first-order chi connectivity index (χ1) is 14.9. The molecule has 168 valence electrons. The van der Waals surface area contributed by atoms with E-state index in [-0.39, 0.29) is 0 Å². The van der Waals surface area contributed by atoms with Gasteiger partial charge in [-0.25, -0.2) is 0 Å². The number of rotatable bonds is 7. The van der Waals surface area contributed by atoms with Gasteiger partial charge < -0.3 is 24.4 Å². The van der Waals surface area contributed by atoms with Crippen LogP contribution in [0, 0.1) is 0 Å². The van der Waals surface area contributed by atoms with Crippen molar-refractivity contribution >= 4 is 23.0 Å². The van der Waals surface area contributed by atoms with Gasteiger partial charge in [-0.15, -0.1) is 0 Å². The van der Waals surface area contributed by atoms with Gasteiger partial charge in [0.05, 0.1) is 21.3 Å². The van der Waals surface area contributed by atoms with Crippen molar-refractivity contribution in [2.45, 2.75) is 26.3 Å². The molecule has 0 aliphatic carbocycles. The van der Waals surface area contributed by atoms with E-state index in [1.165, 1.54) is 5.56 Å². The predicted molar refractivity (Wildman–Crippen MR) is 130 cm³/mol. The standard InChI is InChI=1S/C24H33N3O3S/c1-17(2)19-6-8-20(9-7-19)25-24(31)27-12-10-26(11-13-27)16-18-14-21(28-3)23(30-5)22(15-18)29-4/h6-9,14-15,17H,10-13,16H2,1-5H3,(H,25,31). The summed E-state index contributed by atoms with van der Waals surface area (Å²) in [6.45, 7) is 8.87. The maximum absolute atomic E-state index is 5.65. The molecule has 1 N–H and O–H groups in total. The molecule has 0 unspecified atom stereocenters. The van der Waals surface area contributed by atoms with Crippen molar-refractivity contribution in [2.75, 3.05) is 52.8 Å². The van der Waals surface area contributed by atoms with E-state index in [1.54, 1.807) is 21.3 Å².